The van der Waals surface area contributed by atoms with Crippen molar-refractivity contribution in [2.75, 3.05) is 19.3 Å². The second-order valence-electron chi connectivity index (χ2n) is 6.23. The van der Waals surface area contributed by atoms with Crippen LogP contribution in [0.4, 0.5) is 4.79 Å². The molecule has 1 saturated carbocycles. The standard InChI is InChI=1S/C12H23N3O5S/c1-11(2,15-21(3,19)20)7-13-10(18)14-8-12(9(16)17)5-4-6-12/h15H,4-8H2,1-3H3,(H,16,17)(H2,13,14,18). The van der Waals surface area contributed by atoms with Gasteiger partial charge in [-0.2, -0.15) is 0 Å². The van der Waals surface area contributed by atoms with E-state index in [2.05, 4.69) is 15.4 Å². The Morgan fingerprint density at radius 3 is 2.19 bits per heavy atom. The van der Waals surface area contributed by atoms with Crippen LogP contribution in [0.25, 0.3) is 0 Å². The number of nitrogens with one attached hydrogen (secondary N) is 3. The molecule has 0 unspecified atom stereocenters. The third-order valence-electron chi connectivity index (χ3n) is 3.50. The van der Waals surface area contributed by atoms with E-state index in [9.17, 15) is 18.0 Å². The van der Waals surface area contributed by atoms with Gasteiger partial charge in [0.15, 0.2) is 0 Å². The molecule has 0 heterocycles. The number of rotatable bonds is 7. The summed E-state index contributed by atoms with van der Waals surface area (Å²) in [6, 6.07) is -0.508. The highest BCUT2D eigenvalue weighted by molar-refractivity contribution is 7.88. The van der Waals surface area contributed by atoms with Crippen LogP contribution in [-0.4, -0.2) is 50.4 Å². The molecule has 0 bridgehead atoms. The van der Waals surface area contributed by atoms with E-state index in [0.29, 0.717) is 12.8 Å². The Bertz CT molecular complexity index is 511. The molecular formula is C12H23N3O5S. The SMILES string of the molecule is CC(C)(CNC(=O)NCC1(C(=O)O)CCC1)NS(C)(=O)=O. The average molecular weight is 321 g/mol. The minimum absolute atomic E-state index is 0.0775. The molecule has 1 aliphatic rings. The van der Waals surface area contributed by atoms with E-state index in [1.54, 1.807) is 13.8 Å². The minimum Gasteiger partial charge on any atom is -0.481 e. The maximum atomic E-state index is 11.7. The molecule has 0 spiro atoms. The van der Waals surface area contributed by atoms with Crippen molar-refractivity contribution in [3.05, 3.63) is 0 Å². The van der Waals surface area contributed by atoms with Crippen LogP contribution >= 0.6 is 0 Å². The summed E-state index contributed by atoms with van der Waals surface area (Å²) in [5.41, 5.74) is -1.68. The third-order valence-corrected chi connectivity index (χ3v) is 4.43. The van der Waals surface area contributed by atoms with Crippen molar-refractivity contribution in [1.29, 1.82) is 0 Å². The normalized spacial score (nSPS) is 17.7. The van der Waals surface area contributed by atoms with E-state index in [4.69, 9.17) is 5.11 Å². The molecule has 0 atom stereocenters. The van der Waals surface area contributed by atoms with Crippen LogP contribution in [0.3, 0.4) is 0 Å². The van der Waals surface area contributed by atoms with Gasteiger partial charge in [0.25, 0.3) is 0 Å². The summed E-state index contributed by atoms with van der Waals surface area (Å²) in [4.78, 5) is 22.8. The Morgan fingerprint density at radius 2 is 1.81 bits per heavy atom. The van der Waals surface area contributed by atoms with E-state index in [0.717, 1.165) is 12.7 Å². The lowest BCUT2D eigenvalue weighted by Gasteiger charge is -2.37. The van der Waals surface area contributed by atoms with Gasteiger partial charge in [-0.25, -0.2) is 17.9 Å². The molecule has 122 valence electrons. The summed E-state index contributed by atoms with van der Waals surface area (Å²) in [7, 11) is -3.37. The lowest BCUT2D eigenvalue weighted by Crippen LogP contribution is -2.54. The van der Waals surface area contributed by atoms with Gasteiger partial charge in [-0.05, 0) is 26.7 Å². The predicted molar refractivity (Wildman–Crippen MR) is 77.4 cm³/mol. The number of amides is 2. The van der Waals surface area contributed by atoms with Crippen molar-refractivity contribution in [1.82, 2.24) is 15.4 Å². The van der Waals surface area contributed by atoms with E-state index in [1.807, 2.05) is 0 Å². The van der Waals surface area contributed by atoms with E-state index in [-0.39, 0.29) is 13.1 Å². The Balaban J connectivity index is 2.39. The van der Waals surface area contributed by atoms with Gasteiger partial charge in [0.05, 0.1) is 11.7 Å². The molecule has 9 heteroatoms. The summed E-state index contributed by atoms with van der Waals surface area (Å²) in [5, 5.41) is 14.2. The summed E-state index contributed by atoms with van der Waals surface area (Å²) in [5.74, 6) is -0.895. The second-order valence-corrected chi connectivity index (χ2v) is 7.98. The quantitative estimate of drug-likeness (QED) is 0.520. The fourth-order valence-corrected chi connectivity index (χ4v) is 3.30. The first-order chi connectivity index (χ1) is 9.46. The van der Waals surface area contributed by atoms with Crippen LogP contribution in [-0.2, 0) is 14.8 Å². The van der Waals surface area contributed by atoms with Gasteiger partial charge in [-0.3, -0.25) is 4.79 Å². The zero-order chi connectivity index (χ0) is 16.3. The fraction of sp³-hybridized carbons (Fsp3) is 0.833. The summed E-state index contributed by atoms with van der Waals surface area (Å²) in [6.07, 6.45) is 3.01. The molecule has 1 fully saturated rings. The third kappa shape index (κ3) is 5.50. The number of urea groups is 1. The number of sulfonamides is 1. The molecule has 1 aliphatic carbocycles. The van der Waals surface area contributed by atoms with E-state index >= 15 is 0 Å². The van der Waals surface area contributed by atoms with Crippen molar-refractivity contribution >= 4 is 22.0 Å². The number of carboxylic acids is 1. The topological polar surface area (TPSA) is 125 Å². The number of aliphatic carboxylic acids is 1. The molecule has 0 saturated heterocycles. The first-order valence-electron chi connectivity index (χ1n) is 6.70. The summed E-state index contributed by atoms with van der Waals surface area (Å²) in [6.45, 7) is 3.44. The molecular weight excluding hydrogens is 298 g/mol. The average Bonchev–Trinajstić information content (AvgIpc) is 2.21. The zero-order valence-corrected chi connectivity index (χ0v) is 13.3. The minimum atomic E-state index is -3.37. The number of hydrogen-bond donors (Lipinski definition) is 4. The van der Waals surface area contributed by atoms with Gasteiger partial charge in [0.2, 0.25) is 10.0 Å². The molecule has 0 aliphatic heterocycles. The van der Waals surface area contributed by atoms with Crippen LogP contribution in [0.2, 0.25) is 0 Å². The Kier molecular flexibility index (Phi) is 5.21. The molecule has 1 rings (SSSR count). The van der Waals surface area contributed by atoms with Crippen LogP contribution in [0.15, 0.2) is 0 Å². The van der Waals surface area contributed by atoms with Gasteiger partial charge in [-0.15, -0.1) is 0 Å². The molecule has 4 N–H and O–H groups in total. The fourth-order valence-electron chi connectivity index (χ4n) is 2.22. The first-order valence-corrected chi connectivity index (χ1v) is 8.59. The van der Waals surface area contributed by atoms with Gasteiger partial charge in [-0.1, -0.05) is 6.42 Å². The van der Waals surface area contributed by atoms with Crippen molar-refractivity contribution in [3.8, 4) is 0 Å². The highest BCUT2D eigenvalue weighted by Crippen LogP contribution is 2.40. The molecule has 2 amide bonds. The Morgan fingerprint density at radius 1 is 1.24 bits per heavy atom. The number of carbonyl (C=O) groups is 2. The number of hydrogen-bond acceptors (Lipinski definition) is 4. The maximum absolute atomic E-state index is 11.7. The number of carbonyl (C=O) groups excluding carboxylic acids is 1. The largest absolute Gasteiger partial charge is 0.481 e. The number of carboxylic acid groups (broad SMARTS) is 1. The van der Waals surface area contributed by atoms with Crippen molar-refractivity contribution in [2.24, 2.45) is 5.41 Å². The van der Waals surface area contributed by atoms with Crippen LogP contribution in [0.5, 0.6) is 0 Å². The molecule has 0 aromatic heterocycles. The first kappa shape index (κ1) is 17.7. The second kappa shape index (κ2) is 6.18. The van der Waals surface area contributed by atoms with Gasteiger partial charge in [0, 0.05) is 18.6 Å². The van der Waals surface area contributed by atoms with Crippen molar-refractivity contribution in [3.63, 3.8) is 0 Å². The highest BCUT2D eigenvalue weighted by Gasteiger charge is 2.44. The molecule has 0 radical (unpaired) electrons. The smallest absolute Gasteiger partial charge is 0.314 e. The molecule has 0 aromatic carbocycles. The Labute approximate surface area is 124 Å². The summed E-state index contributed by atoms with van der Waals surface area (Å²) < 4.78 is 24.7. The summed E-state index contributed by atoms with van der Waals surface area (Å²) >= 11 is 0. The van der Waals surface area contributed by atoms with E-state index < -0.39 is 33.0 Å². The monoisotopic (exact) mass is 321 g/mol. The molecule has 8 nitrogen and oxygen atoms in total. The predicted octanol–water partition coefficient (Wildman–Crippen LogP) is -0.132. The lowest BCUT2D eigenvalue weighted by atomic mass is 9.69. The maximum Gasteiger partial charge on any atom is 0.314 e. The molecule has 21 heavy (non-hydrogen) atoms. The Hall–Kier alpha value is -1.35. The zero-order valence-electron chi connectivity index (χ0n) is 12.5. The van der Waals surface area contributed by atoms with Gasteiger partial charge in [0.1, 0.15) is 0 Å². The lowest BCUT2D eigenvalue weighted by molar-refractivity contribution is -0.153. The van der Waals surface area contributed by atoms with Crippen molar-refractivity contribution < 1.29 is 23.1 Å². The van der Waals surface area contributed by atoms with E-state index in [1.165, 1.54) is 0 Å². The van der Waals surface area contributed by atoms with Crippen LogP contribution in [0.1, 0.15) is 33.1 Å². The van der Waals surface area contributed by atoms with Gasteiger partial charge >= 0.3 is 12.0 Å². The van der Waals surface area contributed by atoms with Crippen LogP contribution < -0.4 is 15.4 Å². The highest BCUT2D eigenvalue weighted by atomic mass is 32.2. The molecule has 0 aromatic rings. The van der Waals surface area contributed by atoms with Crippen molar-refractivity contribution in [2.45, 2.75) is 38.6 Å². The van der Waals surface area contributed by atoms with Gasteiger partial charge < -0.3 is 15.7 Å². The van der Waals surface area contributed by atoms with Crippen LogP contribution in [0, 0.1) is 5.41 Å².